The highest BCUT2D eigenvalue weighted by Gasteiger charge is 2.19. The summed E-state index contributed by atoms with van der Waals surface area (Å²) in [6.07, 6.45) is 10.4. The normalized spacial score (nSPS) is 13.9. The molecule has 2 aromatic carbocycles. The number of amides is 1. The molecule has 23 heavy (non-hydrogen) atoms. The molecule has 0 N–H and O–H groups in total. The van der Waals surface area contributed by atoms with Crippen molar-refractivity contribution in [3.63, 3.8) is 0 Å². The third-order valence-corrected chi connectivity index (χ3v) is 4.72. The number of hydrogen-bond acceptors (Lipinski definition) is 1. The monoisotopic (exact) mass is 301 g/mol. The van der Waals surface area contributed by atoms with Crippen LogP contribution in [0.3, 0.4) is 0 Å². The summed E-state index contributed by atoms with van der Waals surface area (Å²) in [5, 5.41) is 4.71. The zero-order valence-electron chi connectivity index (χ0n) is 13.3. The third kappa shape index (κ3) is 2.26. The Bertz CT molecular complexity index is 1040. The van der Waals surface area contributed by atoms with Crippen LogP contribution in [0.5, 0.6) is 0 Å². The van der Waals surface area contributed by atoms with Crippen LogP contribution in [0.4, 0.5) is 0 Å². The SMILES string of the molecule is CCCCCc1cc2c(c3c1=c1ccccc1=C3)C(=O)N=CC=2. The van der Waals surface area contributed by atoms with Gasteiger partial charge < -0.3 is 0 Å². The van der Waals surface area contributed by atoms with Crippen LogP contribution in [-0.2, 0) is 6.42 Å². The van der Waals surface area contributed by atoms with Gasteiger partial charge in [0.15, 0.2) is 0 Å². The van der Waals surface area contributed by atoms with E-state index in [1.54, 1.807) is 6.21 Å². The first-order chi connectivity index (χ1) is 11.3. The lowest BCUT2D eigenvalue weighted by molar-refractivity contribution is 0.100. The van der Waals surface area contributed by atoms with E-state index < -0.39 is 0 Å². The molecule has 0 spiro atoms. The van der Waals surface area contributed by atoms with Crippen LogP contribution in [0.25, 0.3) is 12.2 Å². The summed E-state index contributed by atoms with van der Waals surface area (Å²) in [6, 6.07) is 10.6. The van der Waals surface area contributed by atoms with Gasteiger partial charge >= 0.3 is 0 Å². The molecule has 0 saturated heterocycles. The Morgan fingerprint density at radius 1 is 1.09 bits per heavy atom. The summed E-state index contributed by atoms with van der Waals surface area (Å²) in [5.41, 5.74) is 3.18. The van der Waals surface area contributed by atoms with Gasteiger partial charge in [-0.25, -0.2) is 4.99 Å². The van der Waals surface area contributed by atoms with Gasteiger partial charge in [0.05, 0.1) is 5.56 Å². The summed E-state index contributed by atoms with van der Waals surface area (Å²) >= 11 is 0. The number of hydrogen-bond donors (Lipinski definition) is 0. The smallest absolute Gasteiger partial charge is 0.267 e. The summed E-state index contributed by atoms with van der Waals surface area (Å²) in [5.74, 6) is -0.122. The number of carbonyl (C=O) groups is 1. The lowest BCUT2D eigenvalue weighted by atomic mass is 9.94. The van der Waals surface area contributed by atoms with E-state index in [1.807, 2.05) is 6.08 Å². The Morgan fingerprint density at radius 3 is 2.83 bits per heavy atom. The quantitative estimate of drug-likeness (QED) is 0.681. The second-order valence-electron chi connectivity index (χ2n) is 6.23. The molecule has 2 heteroatoms. The minimum Gasteiger partial charge on any atom is -0.267 e. The van der Waals surface area contributed by atoms with Crippen molar-refractivity contribution in [1.82, 2.24) is 0 Å². The van der Waals surface area contributed by atoms with E-state index in [0.717, 1.165) is 22.8 Å². The fraction of sp³-hybridized carbons (Fsp3) is 0.238. The van der Waals surface area contributed by atoms with E-state index in [0.29, 0.717) is 0 Å². The van der Waals surface area contributed by atoms with Gasteiger partial charge in [0.25, 0.3) is 5.91 Å². The van der Waals surface area contributed by atoms with Crippen LogP contribution >= 0.6 is 0 Å². The average molecular weight is 301 g/mol. The summed E-state index contributed by atoms with van der Waals surface area (Å²) in [7, 11) is 0. The molecule has 0 saturated carbocycles. The van der Waals surface area contributed by atoms with Gasteiger partial charge in [-0.05, 0) is 57.0 Å². The molecule has 0 aromatic heterocycles. The summed E-state index contributed by atoms with van der Waals surface area (Å²) in [6.45, 7) is 2.23. The van der Waals surface area contributed by atoms with E-state index in [1.165, 1.54) is 40.5 Å². The highest BCUT2D eigenvalue weighted by Crippen LogP contribution is 2.20. The first-order valence-corrected chi connectivity index (χ1v) is 8.35. The molecule has 4 rings (SSSR count). The van der Waals surface area contributed by atoms with Crippen molar-refractivity contribution in [2.24, 2.45) is 4.99 Å². The van der Waals surface area contributed by atoms with Gasteiger partial charge in [-0.15, -0.1) is 0 Å². The number of aryl methyl sites for hydroxylation is 1. The number of aliphatic imine (C=N–C) groups is 1. The number of nitrogens with zero attached hydrogens (tertiary/aromatic N) is 1. The highest BCUT2D eigenvalue weighted by atomic mass is 16.1. The number of unbranched alkanes of at least 4 members (excludes halogenated alkanes) is 2. The Labute approximate surface area is 135 Å². The maximum Gasteiger partial charge on any atom is 0.278 e. The Balaban J connectivity index is 2.07. The molecule has 2 aliphatic rings. The van der Waals surface area contributed by atoms with Crippen molar-refractivity contribution < 1.29 is 4.79 Å². The predicted octanol–water partition coefficient (Wildman–Crippen LogP) is 2.85. The fourth-order valence-electron chi connectivity index (χ4n) is 3.64. The van der Waals surface area contributed by atoms with E-state index in [9.17, 15) is 4.79 Å². The maximum absolute atomic E-state index is 12.3. The van der Waals surface area contributed by atoms with Crippen molar-refractivity contribution in [2.45, 2.75) is 32.6 Å². The van der Waals surface area contributed by atoms with Gasteiger partial charge in [0.1, 0.15) is 0 Å². The zero-order valence-corrected chi connectivity index (χ0v) is 13.3. The largest absolute Gasteiger partial charge is 0.278 e. The molecule has 1 aliphatic heterocycles. The van der Waals surface area contributed by atoms with Crippen molar-refractivity contribution in [3.05, 3.63) is 67.9 Å². The van der Waals surface area contributed by atoms with Crippen LogP contribution in [-0.4, -0.2) is 12.1 Å². The van der Waals surface area contributed by atoms with Gasteiger partial charge in [0.2, 0.25) is 0 Å². The van der Waals surface area contributed by atoms with Crippen molar-refractivity contribution in [3.8, 4) is 0 Å². The van der Waals surface area contributed by atoms with Gasteiger partial charge in [0, 0.05) is 6.21 Å². The highest BCUT2D eigenvalue weighted by molar-refractivity contribution is 6.11. The number of carbonyl (C=O) groups excluding carboxylic acids is 1. The fourth-order valence-corrected chi connectivity index (χ4v) is 3.64. The van der Waals surface area contributed by atoms with Crippen molar-refractivity contribution in [1.29, 1.82) is 0 Å². The van der Waals surface area contributed by atoms with Crippen LogP contribution in [0.15, 0.2) is 35.3 Å². The second-order valence-corrected chi connectivity index (χ2v) is 6.23. The number of benzene rings is 2. The predicted molar refractivity (Wildman–Crippen MR) is 93.9 cm³/mol. The molecule has 114 valence electrons. The average Bonchev–Trinajstić information content (AvgIpc) is 2.94. The van der Waals surface area contributed by atoms with E-state index in [2.05, 4.69) is 48.3 Å². The van der Waals surface area contributed by atoms with Gasteiger partial charge in [-0.1, -0.05) is 50.1 Å². The molecule has 0 bridgehead atoms. The molecule has 1 heterocycles. The Morgan fingerprint density at radius 2 is 1.96 bits per heavy atom. The number of fused-ring (bicyclic) bond motifs is 4. The van der Waals surface area contributed by atoms with Crippen LogP contribution < -0.4 is 10.4 Å². The van der Waals surface area contributed by atoms with Gasteiger partial charge in [-0.2, -0.15) is 0 Å². The Kier molecular flexibility index (Phi) is 3.45. The van der Waals surface area contributed by atoms with E-state index >= 15 is 0 Å². The van der Waals surface area contributed by atoms with Crippen LogP contribution in [0, 0.1) is 10.4 Å². The third-order valence-electron chi connectivity index (χ3n) is 4.72. The number of rotatable bonds is 4. The molecule has 0 unspecified atom stereocenters. The molecule has 1 amide bonds. The standard InChI is InChI=1S/C21H19NO/c1-2-3-4-8-15-12-16-10-11-22-21(23)20(16)18-13-14-7-5-6-9-17(14)19(15)18/h5-7,9-13H,2-4,8H2,1H3. The van der Waals surface area contributed by atoms with Crippen LogP contribution in [0.1, 0.15) is 47.7 Å². The minimum absolute atomic E-state index is 0.122. The molecule has 2 aromatic rings. The summed E-state index contributed by atoms with van der Waals surface area (Å²) in [4.78, 5) is 16.3. The van der Waals surface area contributed by atoms with Gasteiger partial charge in [-0.3, -0.25) is 4.79 Å². The van der Waals surface area contributed by atoms with E-state index in [-0.39, 0.29) is 5.91 Å². The lowest BCUT2D eigenvalue weighted by Gasteiger charge is -2.11. The second kappa shape index (κ2) is 5.62. The molecule has 0 fully saturated rings. The van der Waals surface area contributed by atoms with Crippen molar-refractivity contribution in [2.75, 3.05) is 0 Å². The molecule has 0 radical (unpaired) electrons. The van der Waals surface area contributed by atoms with Crippen molar-refractivity contribution >= 4 is 24.3 Å². The molecular formula is C21H19NO. The van der Waals surface area contributed by atoms with E-state index in [4.69, 9.17) is 0 Å². The zero-order chi connectivity index (χ0) is 15.8. The molecule has 0 atom stereocenters. The summed E-state index contributed by atoms with van der Waals surface area (Å²) < 4.78 is 0. The topological polar surface area (TPSA) is 29.4 Å². The lowest BCUT2D eigenvalue weighted by Crippen LogP contribution is -2.21. The molecule has 1 aliphatic carbocycles. The first kappa shape index (κ1) is 14.1. The molecule has 2 nitrogen and oxygen atoms in total. The minimum atomic E-state index is -0.122. The van der Waals surface area contributed by atoms with Crippen LogP contribution in [0.2, 0.25) is 0 Å². The maximum atomic E-state index is 12.3. The first-order valence-electron chi connectivity index (χ1n) is 8.35. The Hall–Kier alpha value is -2.48. The molecular weight excluding hydrogens is 282 g/mol.